The topological polar surface area (TPSA) is 39.9 Å². The third kappa shape index (κ3) is 1.74. The lowest BCUT2D eigenvalue weighted by atomic mass is 10.3. The van der Waals surface area contributed by atoms with Crippen LogP contribution in [0.5, 0.6) is 5.88 Å². The number of hydrogen-bond acceptors (Lipinski definition) is 3. The van der Waals surface area contributed by atoms with Crippen LogP contribution in [0, 0.1) is 0 Å². The molecule has 2 heterocycles. The molecule has 0 atom stereocenters. The highest BCUT2D eigenvalue weighted by atomic mass is 16.5. The highest BCUT2D eigenvalue weighted by Crippen LogP contribution is 2.14. The molecular formula is C10H11N3O. The van der Waals surface area contributed by atoms with Gasteiger partial charge < -0.3 is 4.74 Å². The fraction of sp³-hybridized carbons (Fsp3) is 0.200. The Labute approximate surface area is 82.2 Å². The van der Waals surface area contributed by atoms with Gasteiger partial charge in [0.2, 0.25) is 5.88 Å². The normalized spacial score (nSPS) is 10.1. The molecule has 2 aromatic rings. The van der Waals surface area contributed by atoms with Crippen LogP contribution in [0.3, 0.4) is 0 Å². The first-order chi connectivity index (χ1) is 6.90. The van der Waals surface area contributed by atoms with Gasteiger partial charge in [-0.1, -0.05) is 6.07 Å². The molecule has 2 rings (SSSR count). The summed E-state index contributed by atoms with van der Waals surface area (Å²) in [4.78, 5) is 4.11. The third-order valence-electron chi connectivity index (χ3n) is 1.93. The number of rotatable bonds is 3. The lowest BCUT2D eigenvalue weighted by Crippen LogP contribution is -2.02. The van der Waals surface area contributed by atoms with Crippen molar-refractivity contribution in [3.8, 4) is 5.88 Å². The molecule has 0 amide bonds. The highest BCUT2D eigenvalue weighted by Gasteiger charge is 2.03. The zero-order valence-electron chi connectivity index (χ0n) is 7.92. The van der Waals surface area contributed by atoms with Gasteiger partial charge in [-0.15, -0.1) is 0 Å². The molecule has 4 heteroatoms. The van der Waals surface area contributed by atoms with Crippen molar-refractivity contribution in [1.82, 2.24) is 14.8 Å². The molecule has 0 saturated heterocycles. The van der Waals surface area contributed by atoms with Gasteiger partial charge in [0.25, 0.3) is 0 Å². The largest absolute Gasteiger partial charge is 0.481 e. The van der Waals surface area contributed by atoms with Gasteiger partial charge in [-0.3, -0.25) is 4.68 Å². The predicted octanol–water partition coefficient (Wildman–Crippen LogP) is 1.33. The van der Waals surface area contributed by atoms with Crippen molar-refractivity contribution in [2.75, 3.05) is 7.11 Å². The minimum absolute atomic E-state index is 0.656. The zero-order chi connectivity index (χ0) is 9.80. The monoisotopic (exact) mass is 189 g/mol. The van der Waals surface area contributed by atoms with Crippen LogP contribution in [0.15, 0.2) is 36.8 Å². The summed E-state index contributed by atoms with van der Waals surface area (Å²) < 4.78 is 6.97. The number of methoxy groups -OCH3 is 1. The minimum Gasteiger partial charge on any atom is -0.481 e. The number of pyridine rings is 1. The maximum atomic E-state index is 5.14. The molecule has 4 nitrogen and oxygen atoms in total. The van der Waals surface area contributed by atoms with Crippen molar-refractivity contribution in [3.63, 3.8) is 0 Å². The van der Waals surface area contributed by atoms with Crippen molar-refractivity contribution >= 4 is 0 Å². The summed E-state index contributed by atoms with van der Waals surface area (Å²) in [5.41, 5.74) is 1.03. The molecule has 0 bridgehead atoms. The van der Waals surface area contributed by atoms with E-state index in [0.717, 1.165) is 5.56 Å². The first kappa shape index (κ1) is 8.74. The molecule has 0 spiro atoms. The smallest absolute Gasteiger partial charge is 0.218 e. The van der Waals surface area contributed by atoms with Gasteiger partial charge in [0.1, 0.15) is 0 Å². The van der Waals surface area contributed by atoms with Crippen molar-refractivity contribution in [2.45, 2.75) is 6.54 Å². The van der Waals surface area contributed by atoms with Crippen LogP contribution in [0.25, 0.3) is 0 Å². The molecular weight excluding hydrogens is 178 g/mol. The average Bonchev–Trinajstić information content (AvgIpc) is 2.71. The molecule has 0 aliphatic rings. The van der Waals surface area contributed by atoms with Gasteiger partial charge in [-0.2, -0.15) is 5.10 Å². The molecule has 0 aliphatic carbocycles. The van der Waals surface area contributed by atoms with E-state index in [-0.39, 0.29) is 0 Å². The van der Waals surface area contributed by atoms with E-state index in [0.29, 0.717) is 12.4 Å². The van der Waals surface area contributed by atoms with Gasteiger partial charge in [-0.05, 0) is 12.1 Å². The van der Waals surface area contributed by atoms with Crippen molar-refractivity contribution in [2.24, 2.45) is 0 Å². The summed E-state index contributed by atoms with van der Waals surface area (Å²) in [6.45, 7) is 0.685. The Balaban J connectivity index is 2.24. The summed E-state index contributed by atoms with van der Waals surface area (Å²) >= 11 is 0. The molecule has 0 N–H and O–H groups in total. The first-order valence-electron chi connectivity index (χ1n) is 4.35. The van der Waals surface area contributed by atoms with Crippen molar-refractivity contribution in [3.05, 3.63) is 42.4 Å². The SMILES string of the molecule is COc1ncccc1Cn1cccn1. The number of nitrogens with zero attached hydrogens (tertiary/aromatic N) is 3. The Hall–Kier alpha value is -1.84. The zero-order valence-corrected chi connectivity index (χ0v) is 7.92. The Morgan fingerprint density at radius 3 is 3.00 bits per heavy atom. The lowest BCUT2D eigenvalue weighted by Gasteiger charge is -2.06. The second-order valence-electron chi connectivity index (χ2n) is 2.88. The van der Waals surface area contributed by atoms with E-state index >= 15 is 0 Å². The molecule has 72 valence electrons. The number of hydrogen-bond donors (Lipinski definition) is 0. The van der Waals surface area contributed by atoms with Crippen LogP contribution >= 0.6 is 0 Å². The molecule has 0 aromatic carbocycles. The van der Waals surface area contributed by atoms with E-state index < -0.39 is 0 Å². The molecule has 2 aromatic heterocycles. The standard InChI is InChI=1S/C10H11N3O/c1-14-10-9(4-2-5-11-10)8-13-7-3-6-12-13/h2-7H,8H2,1H3. The highest BCUT2D eigenvalue weighted by molar-refractivity contribution is 5.25. The summed E-state index contributed by atoms with van der Waals surface area (Å²) in [5.74, 6) is 0.656. The minimum atomic E-state index is 0.656. The van der Waals surface area contributed by atoms with Gasteiger partial charge in [0.05, 0.1) is 13.7 Å². The summed E-state index contributed by atoms with van der Waals surface area (Å²) in [7, 11) is 1.62. The van der Waals surface area contributed by atoms with Crippen LogP contribution in [-0.4, -0.2) is 21.9 Å². The Bertz CT molecular complexity index is 398. The van der Waals surface area contributed by atoms with Gasteiger partial charge in [0, 0.05) is 24.2 Å². The molecule has 0 radical (unpaired) electrons. The Morgan fingerprint density at radius 2 is 2.29 bits per heavy atom. The van der Waals surface area contributed by atoms with E-state index in [4.69, 9.17) is 4.74 Å². The average molecular weight is 189 g/mol. The van der Waals surface area contributed by atoms with E-state index in [1.54, 1.807) is 19.5 Å². The Morgan fingerprint density at radius 1 is 1.36 bits per heavy atom. The molecule has 0 aliphatic heterocycles. The van der Waals surface area contributed by atoms with Crippen LogP contribution in [0.4, 0.5) is 0 Å². The number of ether oxygens (including phenoxy) is 1. The maximum Gasteiger partial charge on any atom is 0.218 e. The second kappa shape index (κ2) is 3.91. The van der Waals surface area contributed by atoms with Crippen molar-refractivity contribution < 1.29 is 4.74 Å². The molecule has 14 heavy (non-hydrogen) atoms. The van der Waals surface area contributed by atoms with Gasteiger partial charge in [0.15, 0.2) is 0 Å². The Kier molecular flexibility index (Phi) is 2.44. The molecule has 0 unspecified atom stereocenters. The van der Waals surface area contributed by atoms with Gasteiger partial charge >= 0.3 is 0 Å². The summed E-state index contributed by atoms with van der Waals surface area (Å²) in [5, 5.41) is 4.12. The van der Waals surface area contributed by atoms with Gasteiger partial charge in [-0.25, -0.2) is 4.98 Å². The first-order valence-corrected chi connectivity index (χ1v) is 4.35. The molecule has 0 fully saturated rings. The van der Waals surface area contributed by atoms with E-state index in [1.807, 2.05) is 29.1 Å². The maximum absolute atomic E-state index is 5.14. The van der Waals surface area contributed by atoms with E-state index in [1.165, 1.54) is 0 Å². The second-order valence-corrected chi connectivity index (χ2v) is 2.88. The van der Waals surface area contributed by atoms with Crippen LogP contribution < -0.4 is 4.74 Å². The van der Waals surface area contributed by atoms with Crippen LogP contribution in [-0.2, 0) is 6.54 Å². The fourth-order valence-electron chi connectivity index (χ4n) is 1.30. The van der Waals surface area contributed by atoms with E-state index in [2.05, 4.69) is 10.1 Å². The fourth-order valence-corrected chi connectivity index (χ4v) is 1.30. The lowest BCUT2D eigenvalue weighted by molar-refractivity contribution is 0.390. The predicted molar refractivity (Wildman–Crippen MR) is 52.1 cm³/mol. The number of aromatic nitrogens is 3. The summed E-state index contributed by atoms with van der Waals surface area (Å²) in [6, 6.07) is 5.76. The quantitative estimate of drug-likeness (QED) is 0.731. The van der Waals surface area contributed by atoms with E-state index in [9.17, 15) is 0 Å². The molecule has 0 saturated carbocycles. The van der Waals surface area contributed by atoms with Crippen LogP contribution in [0.1, 0.15) is 5.56 Å². The summed E-state index contributed by atoms with van der Waals surface area (Å²) in [6.07, 6.45) is 5.38. The third-order valence-corrected chi connectivity index (χ3v) is 1.93. The van der Waals surface area contributed by atoms with Crippen LogP contribution in [0.2, 0.25) is 0 Å². The van der Waals surface area contributed by atoms with Crippen molar-refractivity contribution in [1.29, 1.82) is 0 Å².